The molecular formula is C18H24F2N6O. The second-order valence-electron chi connectivity index (χ2n) is 7.77. The van der Waals surface area contributed by atoms with Crippen molar-refractivity contribution in [3.63, 3.8) is 0 Å². The van der Waals surface area contributed by atoms with Crippen LogP contribution in [-0.4, -0.2) is 71.2 Å². The smallest absolute Gasteiger partial charge is 0.267 e. The lowest BCUT2D eigenvalue weighted by molar-refractivity contribution is -0.131. The molecule has 1 amide bonds. The summed E-state index contributed by atoms with van der Waals surface area (Å²) >= 11 is 0. The van der Waals surface area contributed by atoms with Gasteiger partial charge >= 0.3 is 0 Å². The van der Waals surface area contributed by atoms with Crippen LogP contribution in [0.5, 0.6) is 0 Å². The first-order valence-corrected chi connectivity index (χ1v) is 9.40. The maximum absolute atomic E-state index is 13.6. The van der Waals surface area contributed by atoms with Crippen LogP contribution >= 0.6 is 0 Å². The van der Waals surface area contributed by atoms with E-state index in [0.29, 0.717) is 11.8 Å². The fourth-order valence-corrected chi connectivity index (χ4v) is 4.75. The van der Waals surface area contributed by atoms with Crippen LogP contribution in [0.15, 0.2) is 18.5 Å². The summed E-state index contributed by atoms with van der Waals surface area (Å²) in [7, 11) is 0. The molecule has 2 bridgehead atoms. The van der Waals surface area contributed by atoms with Gasteiger partial charge in [-0.3, -0.25) is 4.79 Å². The van der Waals surface area contributed by atoms with Gasteiger partial charge in [-0.25, -0.2) is 18.7 Å². The lowest BCUT2D eigenvalue weighted by Crippen LogP contribution is -2.54. The van der Waals surface area contributed by atoms with E-state index >= 15 is 0 Å². The molecule has 4 rings (SSSR count). The molecule has 3 atom stereocenters. The number of anilines is 1. The Balaban J connectivity index is 1.35. The molecule has 7 nitrogen and oxygen atoms in total. The van der Waals surface area contributed by atoms with Crippen LogP contribution in [0.25, 0.3) is 0 Å². The van der Waals surface area contributed by atoms with Crippen LogP contribution in [0.1, 0.15) is 19.3 Å². The SMILES string of the molecule is N=CC1CC(F)(F)CN1C(=O)CNC1C2CCC1CN(c1ncccn1)C2. The summed E-state index contributed by atoms with van der Waals surface area (Å²) in [5.41, 5.74) is 0. The zero-order chi connectivity index (χ0) is 19.0. The predicted molar refractivity (Wildman–Crippen MR) is 96.1 cm³/mol. The lowest BCUT2D eigenvalue weighted by Gasteiger charge is -2.38. The summed E-state index contributed by atoms with van der Waals surface area (Å²) in [5.74, 6) is -1.75. The van der Waals surface area contributed by atoms with Crippen molar-refractivity contribution in [1.82, 2.24) is 20.2 Å². The number of piperidine rings is 1. The Morgan fingerprint density at radius 1 is 1.30 bits per heavy atom. The molecule has 3 aliphatic rings. The van der Waals surface area contributed by atoms with Crippen LogP contribution in [0, 0.1) is 17.2 Å². The van der Waals surface area contributed by atoms with E-state index in [2.05, 4.69) is 20.2 Å². The zero-order valence-electron chi connectivity index (χ0n) is 15.0. The van der Waals surface area contributed by atoms with Crippen molar-refractivity contribution in [2.45, 2.75) is 37.3 Å². The average molecular weight is 378 g/mol. The topological polar surface area (TPSA) is 85.2 Å². The fourth-order valence-electron chi connectivity index (χ4n) is 4.75. The van der Waals surface area contributed by atoms with Gasteiger partial charge in [-0.1, -0.05) is 0 Å². The number of halogens is 2. The minimum absolute atomic E-state index is 0.0416. The second-order valence-corrected chi connectivity index (χ2v) is 7.77. The highest BCUT2D eigenvalue weighted by Gasteiger charge is 2.47. The highest BCUT2D eigenvalue weighted by Crippen LogP contribution is 2.38. The Morgan fingerprint density at radius 2 is 1.96 bits per heavy atom. The molecule has 2 saturated heterocycles. The Hall–Kier alpha value is -2.16. The first kappa shape index (κ1) is 18.2. The van der Waals surface area contributed by atoms with Gasteiger partial charge in [0.2, 0.25) is 11.9 Å². The van der Waals surface area contributed by atoms with E-state index < -0.39 is 24.9 Å². The van der Waals surface area contributed by atoms with Crippen LogP contribution in [0.3, 0.4) is 0 Å². The molecule has 0 radical (unpaired) electrons. The van der Waals surface area contributed by atoms with Crippen molar-refractivity contribution in [3.8, 4) is 0 Å². The molecule has 1 aromatic heterocycles. The molecule has 0 spiro atoms. The summed E-state index contributed by atoms with van der Waals surface area (Å²) in [5, 5.41) is 10.6. The molecule has 0 aromatic carbocycles. The second kappa shape index (κ2) is 7.10. The molecule has 3 heterocycles. The van der Waals surface area contributed by atoms with Gasteiger partial charge < -0.3 is 20.5 Å². The Kier molecular flexibility index (Phi) is 4.79. The number of likely N-dealkylation sites (tertiary alicyclic amines) is 1. The molecule has 27 heavy (non-hydrogen) atoms. The minimum Gasteiger partial charge on any atom is -0.340 e. The van der Waals surface area contributed by atoms with E-state index in [1.165, 1.54) is 0 Å². The molecule has 2 N–H and O–H groups in total. The van der Waals surface area contributed by atoms with Crippen molar-refractivity contribution >= 4 is 18.1 Å². The van der Waals surface area contributed by atoms with E-state index in [-0.39, 0.29) is 18.5 Å². The number of hydrogen-bond donors (Lipinski definition) is 2. The number of nitrogens with one attached hydrogen (secondary N) is 2. The number of amides is 1. The summed E-state index contributed by atoms with van der Waals surface area (Å²) in [6, 6.07) is 1.19. The first-order chi connectivity index (χ1) is 13.0. The third kappa shape index (κ3) is 3.65. The molecule has 1 aliphatic carbocycles. The van der Waals surface area contributed by atoms with E-state index in [1.807, 2.05) is 0 Å². The Morgan fingerprint density at radius 3 is 2.59 bits per heavy atom. The number of carbonyl (C=O) groups is 1. The van der Waals surface area contributed by atoms with Crippen molar-refractivity contribution in [2.75, 3.05) is 31.1 Å². The van der Waals surface area contributed by atoms with E-state index in [4.69, 9.17) is 5.41 Å². The van der Waals surface area contributed by atoms with E-state index in [1.54, 1.807) is 18.5 Å². The molecule has 2 aliphatic heterocycles. The van der Waals surface area contributed by atoms with Crippen LogP contribution in [0.4, 0.5) is 14.7 Å². The normalized spacial score (nSPS) is 31.9. The standard InChI is InChI=1S/C18H24F2N6O/c19-18(20)6-14(7-21)26(11-18)15(27)8-24-16-12-2-3-13(16)10-25(9-12)17-22-4-1-5-23-17/h1,4-5,7,12-14,16,21,24H,2-3,6,8-11H2. The number of aromatic nitrogens is 2. The summed E-state index contributed by atoms with van der Waals surface area (Å²) in [4.78, 5) is 24.4. The van der Waals surface area contributed by atoms with Crippen molar-refractivity contribution in [1.29, 1.82) is 5.41 Å². The minimum atomic E-state index is -2.90. The monoisotopic (exact) mass is 378 g/mol. The van der Waals surface area contributed by atoms with Gasteiger partial charge in [-0.2, -0.15) is 0 Å². The molecule has 1 saturated carbocycles. The number of fused-ring (bicyclic) bond motifs is 2. The molecule has 1 aromatic rings. The van der Waals surface area contributed by atoms with Crippen molar-refractivity contribution in [3.05, 3.63) is 18.5 Å². The fraction of sp³-hybridized carbons (Fsp3) is 0.667. The number of nitrogens with zero attached hydrogens (tertiary/aromatic N) is 4. The number of alkyl halides is 2. The molecular weight excluding hydrogens is 354 g/mol. The lowest BCUT2D eigenvalue weighted by atomic mass is 9.92. The van der Waals surface area contributed by atoms with Crippen LogP contribution in [0.2, 0.25) is 0 Å². The maximum atomic E-state index is 13.6. The summed E-state index contributed by atoms with van der Waals surface area (Å²) < 4.78 is 27.2. The Labute approximate surface area is 156 Å². The average Bonchev–Trinajstić information content (AvgIpc) is 3.11. The van der Waals surface area contributed by atoms with E-state index in [0.717, 1.165) is 43.0 Å². The summed E-state index contributed by atoms with van der Waals surface area (Å²) in [6.07, 6.45) is 6.11. The van der Waals surface area contributed by atoms with Gasteiger partial charge in [0.1, 0.15) is 0 Å². The quantitative estimate of drug-likeness (QED) is 0.752. The highest BCUT2D eigenvalue weighted by atomic mass is 19.3. The largest absolute Gasteiger partial charge is 0.340 e. The first-order valence-electron chi connectivity index (χ1n) is 9.40. The van der Waals surface area contributed by atoms with Crippen LogP contribution in [-0.2, 0) is 4.79 Å². The third-order valence-corrected chi connectivity index (χ3v) is 5.98. The van der Waals surface area contributed by atoms with Crippen LogP contribution < -0.4 is 10.2 Å². The highest BCUT2D eigenvalue weighted by molar-refractivity contribution is 5.82. The number of rotatable bonds is 5. The van der Waals surface area contributed by atoms with Crippen molar-refractivity contribution < 1.29 is 13.6 Å². The van der Waals surface area contributed by atoms with E-state index in [9.17, 15) is 13.6 Å². The molecule has 3 fully saturated rings. The molecule has 9 heteroatoms. The maximum Gasteiger partial charge on any atom is 0.267 e. The predicted octanol–water partition coefficient (Wildman–Crippen LogP) is 1.17. The van der Waals surface area contributed by atoms with Gasteiger partial charge in [0, 0.05) is 44.2 Å². The zero-order valence-corrected chi connectivity index (χ0v) is 15.0. The van der Waals surface area contributed by atoms with Gasteiger partial charge in [0.05, 0.1) is 19.1 Å². The number of hydrogen-bond acceptors (Lipinski definition) is 6. The van der Waals surface area contributed by atoms with Gasteiger partial charge in [-0.05, 0) is 30.7 Å². The third-order valence-electron chi connectivity index (χ3n) is 5.98. The van der Waals surface area contributed by atoms with Crippen molar-refractivity contribution in [2.24, 2.45) is 11.8 Å². The Bertz CT molecular complexity index is 688. The van der Waals surface area contributed by atoms with Gasteiger partial charge in [0.25, 0.3) is 5.92 Å². The number of carbonyl (C=O) groups excluding carboxylic acids is 1. The summed E-state index contributed by atoms with van der Waals surface area (Å²) in [6.45, 7) is 1.11. The van der Waals surface area contributed by atoms with Gasteiger partial charge in [-0.15, -0.1) is 0 Å². The molecule has 3 unspecified atom stereocenters. The molecule has 146 valence electrons. The van der Waals surface area contributed by atoms with Gasteiger partial charge in [0.15, 0.2) is 0 Å².